The van der Waals surface area contributed by atoms with Crippen molar-refractivity contribution in [2.45, 2.75) is 25.2 Å². The molecule has 1 aliphatic rings. The molecular weight excluding hydrogens is 289 g/mol. The number of piperazine rings is 1. The van der Waals surface area contributed by atoms with Crippen LogP contribution in [0.15, 0.2) is 0 Å². The number of thiazole rings is 1. The van der Waals surface area contributed by atoms with Crippen LogP contribution in [0.25, 0.3) is 0 Å². The number of halogens is 3. The van der Waals surface area contributed by atoms with Crippen molar-refractivity contribution in [2.75, 3.05) is 33.7 Å². The number of hydrogen-bond acceptors (Lipinski definition) is 5. The van der Waals surface area contributed by atoms with Crippen LogP contribution in [0.4, 0.5) is 13.2 Å². The number of rotatable bonds is 3. The molecule has 0 aromatic carbocycles. The number of nitrogens with two attached hydrogens (primary N) is 1. The molecule has 0 bridgehead atoms. The quantitative estimate of drug-likeness (QED) is 0.917. The predicted molar refractivity (Wildman–Crippen MR) is 72.6 cm³/mol. The monoisotopic (exact) mass is 308 g/mol. The minimum Gasteiger partial charge on any atom is -0.326 e. The highest BCUT2D eigenvalue weighted by Crippen LogP contribution is 2.34. The first-order chi connectivity index (χ1) is 9.31. The lowest BCUT2D eigenvalue weighted by atomic mass is 10.1. The van der Waals surface area contributed by atoms with Crippen molar-refractivity contribution in [1.82, 2.24) is 14.8 Å². The summed E-state index contributed by atoms with van der Waals surface area (Å²) in [7, 11) is 4.02. The van der Waals surface area contributed by atoms with Crippen molar-refractivity contribution in [2.24, 2.45) is 5.73 Å². The van der Waals surface area contributed by atoms with Gasteiger partial charge in [0.25, 0.3) is 0 Å². The molecule has 20 heavy (non-hydrogen) atoms. The van der Waals surface area contributed by atoms with Crippen LogP contribution in [0.1, 0.15) is 15.6 Å². The normalized spacial score (nSPS) is 22.4. The number of likely N-dealkylation sites (N-methyl/N-ethyl adjacent to an activating group) is 2. The second-order valence-electron chi connectivity index (χ2n) is 5.18. The predicted octanol–water partition coefficient (Wildman–Crippen LogP) is 1.41. The largest absolute Gasteiger partial charge is 0.434 e. The number of hydrogen-bond donors (Lipinski definition) is 1. The number of nitrogens with zero attached hydrogens (tertiary/aromatic N) is 3. The summed E-state index contributed by atoms with van der Waals surface area (Å²) in [6.07, 6.45) is -3.88. The summed E-state index contributed by atoms with van der Waals surface area (Å²) in [5.74, 6) is 0. The van der Waals surface area contributed by atoms with E-state index in [0.29, 0.717) is 11.4 Å². The van der Waals surface area contributed by atoms with Crippen molar-refractivity contribution in [3.8, 4) is 0 Å². The molecule has 1 aromatic rings. The van der Waals surface area contributed by atoms with E-state index in [2.05, 4.69) is 14.8 Å². The Morgan fingerprint density at radius 3 is 2.60 bits per heavy atom. The van der Waals surface area contributed by atoms with E-state index in [1.165, 1.54) is 0 Å². The fourth-order valence-corrected chi connectivity index (χ4v) is 3.41. The van der Waals surface area contributed by atoms with Crippen molar-refractivity contribution in [1.29, 1.82) is 0 Å². The molecule has 2 N–H and O–H groups in total. The minimum atomic E-state index is -4.42. The highest BCUT2D eigenvalue weighted by molar-refractivity contribution is 7.11. The summed E-state index contributed by atoms with van der Waals surface area (Å²) < 4.78 is 38.5. The van der Waals surface area contributed by atoms with Gasteiger partial charge in [-0.25, -0.2) is 4.98 Å². The second kappa shape index (κ2) is 5.97. The zero-order valence-electron chi connectivity index (χ0n) is 11.6. The second-order valence-corrected chi connectivity index (χ2v) is 6.35. The van der Waals surface area contributed by atoms with Crippen molar-refractivity contribution >= 4 is 11.3 Å². The van der Waals surface area contributed by atoms with E-state index in [0.717, 1.165) is 31.0 Å². The Balaban J connectivity index is 2.15. The summed E-state index contributed by atoms with van der Waals surface area (Å²) in [5, 5.41) is 0.518. The van der Waals surface area contributed by atoms with Gasteiger partial charge in [-0.15, -0.1) is 11.3 Å². The molecule has 1 saturated heterocycles. The molecule has 1 aromatic heterocycles. The first-order valence-electron chi connectivity index (χ1n) is 6.46. The van der Waals surface area contributed by atoms with Crippen molar-refractivity contribution in [3.05, 3.63) is 15.6 Å². The van der Waals surface area contributed by atoms with Crippen molar-refractivity contribution in [3.63, 3.8) is 0 Å². The van der Waals surface area contributed by atoms with E-state index < -0.39 is 11.9 Å². The molecule has 1 aliphatic heterocycles. The maximum Gasteiger partial charge on any atom is 0.434 e. The molecule has 2 rings (SSSR count). The zero-order valence-corrected chi connectivity index (χ0v) is 12.4. The van der Waals surface area contributed by atoms with Crippen LogP contribution in [0, 0.1) is 0 Å². The SMILES string of the molecule is CN1CCN(C)C(Cc2nc(C(F)(F)F)c(CN)s2)C1. The summed E-state index contributed by atoms with van der Waals surface area (Å²) in [6.45, 7) is 2.62. The highest BCUT2D eigenvalue weighted by atomic mass is 32.1. The molecule has 1 atom stereocenters. The fourth-order valence-electron chi connectivity index (χ4n) is 2.37. The van der Waals surface area contributed by atoms with Gasteiger partial charge in [-0.2, -0.15) is 13.2 Å². The molecular formula is C12H19F3N4S. The molecule has 8 heteroatoms. The topological polar surface area (TPSA) is 45.4 Å². The molecule has 1 unspecified atom stereocenters. The Morgan fingerprint density at radius 2 is 2.05 bits per heavy atom. The molecule has 0 amide bonds. The van der Waals surface area contributed by atoms with Crippen LogP contribution in [-0.4, -0.2) is 54.6 Å². The molecule has 0 spiro atoms. The van der Waals surface area contributed by atoms with Crippen LogP contribution in [0.5, 0.6) is 0 Å². The Morgan fingerprint density at radius 1 is 1.35 bits per heavy atom. The summed E-state index contributed by atoms with van der Waals surface area (Å²) >= 11 is 1.08. The molecule has 2 heterocycles. The van der Waals surface area contributed by atoms with Gasteiger partial charge in [0.2, 0.25) is 0 Å². The molecule has 0 aliphatic carbocycles. The van der Waals surface area contributed by atoms with Crippen LogP contribution >= 0.6 is 11.3 Å². The number of aromatic nitrogens is 1. The van der Waals surface area contributed by atoms with E-state index >= 15 is 0 Å². The Bertz CT molecular complexity index is 460. The highest BCUT2D eigenvalue weighted by Gasteiger charge is 2.37. The van der Waals surface area contributed by atoms with Crippen LogP contribution in [0.2, 0.25) is 0 Å². The third-order valence-electron chi connectivity index (χ3n) is 3.59. The Kier molecular flexibility index (Phi) is 4.68. The summed E-state index contributed by atoms with van der Waals surface area (Å²) in [5.41, 5.74) is 4.58. The lowest BCUT2D eigenvalue weighted by Gasteiger charge is -2.37. The van der Waals surface area contributed by atoms with Gasteiger partial charge in [0, 0.05) is 38.6 Å². The van der Waals surface area contributed by atoms with Crippen molar-refractivity contribution < 1.29 is 13.2 Å². The fraction of sp³-hybridized carbons (Fsp3) is 0.750. The Labute approximate surface area is 120 Å². The smallest absolute Gasteiger partial charge is 0.326 e. The van der Waals surface area contributed by atoms with Gasteiger partial charge in [-0.05, 0) is 14.1 Å². The lowest BCUT2D eigenvalue weighted by Crippen LogP contribution is -2.50. The summed E-state index contributed by atoms with van der Waals surface area (Å²) in [6, 6.07) is 0.201. The van der Waals surface area contributed by atoms with Crippen LogP contribution in [0.3, 0.4) is 0 Å². The molecule has 0 radical (unpaired) electrons. The van der Waals surface area contributed by atoms with Gasteiger partial charge >= 0.3 is 6.18 Å². The average Bonchev–Trinajstić information content (AvgIpc) is 2.77. The van der Waals surface area contributed by atoms with E-state index in [1.54, 1.807) is 0 Å². The molecule has 114 valence electrons. The van der Waals surface area contributed by atoms with E-state index in [4.69, 9.17) is 5.73 Å². The van der Waals surface area contributed by atoms with E-state index in [1.807, 2.05) is 14.1 Å². The average molecular weight is 308 g/mol. The minimum absolute atomic E-state index is 0.118. The third-order valence-corrected chi connectivity index (χ3v) is 4.69. The molecule has 0 saturated carbocycles. The van der Waals surface area contributed by atoms with E-state index in [9.17, 15) is 13.2 Å². The van der Waals surface area contributed by atoms with Gasteiger partial charge in [-0.3, -0.25) is 0 Å². The van der Waals surface area contributed by atoms with Gasteiger partial charge in [-0.1, -0.05) is 0 Å². The lowest BCUT2D eigenvalue weighted by molar-refractivity contribution is -0.141. The van der Waals surface area contributed by atoms with Crippen LogP contribution in [-0.2, 0) is 19.1 Å². The van der Waals surface area contributed by atoms with Gasteiger partial charge < -0.3 is 15.5 Å². The Hall–Kier alpha value is -0.700. The van der Waals surface area contributed by atoms with Crippen LogP contribution < -0.4 is 5.73 Å². The summed E-state index contributed by atoms with van der Waals surface area (Å²) in [4.78, 5) is 8.26. The van der Waals surface area contributed by atoms with E-state index in [-0.39, 0.29) is 17.5 Å². The third kappa shape index (κ3) is 3.49. The maximum atomic E-state index is 12.8. The first kappa shape index (κ1) is 15.7. The van der Waals surface area contributed by atoms with Gasteiger partial charge in [0.05, 0.1) is 9.88 Å². The zero-order chi connectivity index (χ0) is 14.9. The van der Waals surface area contributed by atoms with Gasteiger partial charge in [0.1, 0.15) is 0 Å². The van der Waals surface area contributed by atoms with Gasteiger partial charge in [0.15, 0.2) is 5.69 Å². The number of alkyl halides is 3. The molecule has 4 nitrogen and oxygen atoms in total. The standard InChI is InChI=1S/C12H19F3N4S/c1-18-3-4-19(2)8(7-18)5-10-17-11(12(13,14)15)9(6-16)20-10/h8H,3-7,16H2,1-2H3. The molecule has 1 fully saturated rings. The maximum absolute atomic E-state index is 12.8. The first-order valence-corrected chi connectivity index (χ1v) is 7.27.